The number of carbonyl (C=O) groups excluding carboxylic acids is 1. The summed E-state index contributed by atoms with van der Waals surface area (Å²) in [7, 11) is 1.65. The number of hydrogen-bond donors (Lipinski definition) is 3. The molecule has 0 saturated carbocycles. The van der Waals surface area contributed by atoms with Gasteiger partial charge in [0.15, 0.2) is 0 Å². The predicted molar refractivity (Wildman–Crippen MR) is 88.3 cm³/mol. The van der Waals surface area contributed by atoms with Gasteiger partial charge in [-0.25, -0.2) is 5.43 Å². The van der Waals surface area contributed by atoms with E-state index < -0.39 is 0 Å². The molecule has 2 aromatic rings. The first-order chi connectivity index (χ1) is 11.7. The maximum Gasteiger partial charge on any atom is 0.227 e. The van der Waals surface area contributed by atoms with Crippen LogP contribution in [0, 0.1) is 12.8 Å². The van der Waals surface area contributed by atoms with Crippen LogP contribution in [0.5, 0.6) is 5.75 Å². The van der Waals surface area contributed by atoms with Crippen LogP contribution in [-0.4, -0.2) is 31.3 Å². The van der Waals surface area contributed by atoms with Crippen molar-refractivity contribution in [3.8, 4) is 5.75 Å². The van der Waals surface area contributed by atoms with Crippen molar-refractivity contribution in [1.29, 1.82) is 0 Å². The molecule has 0 aliphatic carbocycles. The first-order valence-corrected chi connectivity index (χ1v) is 7.97. The predicted octanol–water partition coefficient (Wildman–Crippen LogP) is 1.12. The van der Waals surface area contributed by atoms with Crippen LogP contribution in [0.15, 0.2) is 34.9 Å². The molecule has 7 heteroatoms. The number of aromatic nitrogens is 1. The largest absolute Gasteiger partial charge is 0.497 e. The molecule has 1 saturated heterocycles. The number of aryl methyl sites for hydroxylation is 1. The molecule has 2 unspecified atom stereocenters. The van der Waals surface area contributed by atoms with E-state index in [1.807, 2.05) is 31.2 Å². The summed E-state index contributed by atoms with van der Waals surface area (Å²) in [6.07, 6.45) is 0.210. The Bertz CT molecular complexity index is 683. The molecular formula is C17H22N4O3. The standard InChI is InChI=1S/C17H22N4O3/c1-11-7-15(24-21-11)8-16(22)18-9-13-10-19-20-17(13)12-3-5-14(23-2)6-4-12/h3-7,13,17,19-20H,8-10H2,1-2H3,(H,18,22). The maximum absolute atomic E-state index is 12.0. The van der Waals surface area contributed by atoms with E-state index in [0.717, 1.165) is 23.6 Å². The molecular weight excluding hydrogens is 308 g/mol. The molecule has 1 aromatic carbocycles. The van der Waals surface area contributed by atoms with Gasteiger partial charge in [-0.1, -0.05) is 17.3 Å². The summed E-state index contributed by atoms with van der Waals surface area (Å²) in [5.41, 5.74) is 8.37. The van der Waals surface area contributed by atoms with E-state index in [1.165, 1.54) is 0 Å². The molecule has 0 bridgehead atoms. The fraction of sp³-hybridized carbons (Fsp3) is 0.412. The first-order valence-electron chi connectivity index (χ1n) is 7.97. The van der Waals surface area contributed by atoms with E-state index in [-0.39, 0.29) is 24.3 Å². The smallest absolute Gasteiger partial charge is 0.227 e. The number of nitrogens with one attached hydrogen (secondary N) is 3. The van der Waals surface area contributed by atoms with E-state index in [9.17, 15) is 4.79 Å². The van der Waals surface area contributed by atoms with Crippen molar-refractivity contribution in [3.05, 3.63) is 47.3 Å². The zero-order chi connectivity index (χ0) is 16.9. The molecule has 0 radical (unpaired) electrons. The van der Waals surface area contributed by atoms with Crippen molar-refractivity contribution >= 4 is 5.91 Å². The second-order valence-corrected chi connectivity index (χ2v) is 5.95. The average molecular weight is 330 g/mol. The number of rotatable bonds is 6. The van der Waals surface area contributed by atoms with Gasteiger partial charge in [0.25, 0.3) is 0 Å². The van der Waals surface area contributed by atoms with Crippen LogP contribution in [0.1, 0.15) is 23.1 Å². The molecule has 1 aliphatic rings. The molecule has 1 amide bonds. The minimum Gasteiger partial charge on any atom is -0.497 e. The lowest BCUT2D eigenvalue weighted by molar-refractivity contribution is -0.120. The molecule has 3 rings (SSSR count). The summed E-state index contributed by atoms with van der Waals surface area (Å²) in [6.45, 7) is 3.21. The summed E-state index contributed by atoms with van der Waals surface area (Å²) >= 11 is 0. The van der Waals surface area contributed by atoms with E-state index in [1.54, 1.807) is 13.2 Å². The number of benzene rings is 1. The monoisotopic (exact) mass is 330 g/mol. The van der Waals surface area contributed by atoms with Crippen LogP contribution in [0.2, 0.25) is 0 Å². The Labute approximate surface area is 140 Å². The highest BCUT2D eigenvalue weighted by Gasteiger charge is 2.28. The lowest BCUT2D eigenvalue weighted by atomic mass is 9.95. The number of hydrogen-bond acceptors (Lipinski definition) is 6. The Morgan fingerprint density at radius 2 is 2.21 bits per heavy atom. The van der Waals surface area contributed by atoms with Gasteiger partial charge in [0.1, 0.15) is 11.5 Å². The number of amides is 1. The second-order valence-electron chi connectivity index (χ2n) is 5.95. The van der Waals surface area contributed by atoms with Crippen LogP contribution >= 0.6 is 0 Å². The van der Waals surface area contributed by atoms with Crippen molar-refractivity contribution in [1.82, 2.24) is 21.3 Å². The van der Waals surface area contributed by atoms with Crippen molar-refractivity contribution < 1.29 is 14.1 Å². The maximum atomic E-state index is 12.0. The Hall–Kier alpha value is -2.38. The normalized spacial score (nSPS) is 20.1. The number of hydrazine groups is 1. The van der Waals surface area contributed by atoms with Crippen LogP contribution in [0.25, 0.3) is 0 Å². The van der Waals surface area contributed by atoms with Gasteiger partial charge in [0.05, 0.1) is 25.3 Å². The van der Waals surface area contributed by atoms with Gasteiger partial charge in [-0.05, 0) is 24.6 Å². The number of nitrogens with zero attached hydrogens (tertiary/aromatic N) is 1. The van der Waals surface area contributed by atoms with Gasteiger partial charge >= 0.3 is 0 Å². The van der Waals surface area contributed by atoms with Crippen molar-refractivity contribution in [2.24, 2.45) is 5.92 Å². The Morgan fingerprint density at radius 3 is 2.88 bits per heavy atom. The molecule has 1 aliphatic heterocycles. The molecule has 24 heavy (non-hydrogen) atoms. The topological polar surface area (TPSA) is 88.4 Å². The third kappa shape index (κ3) is 3.93. The highest BCUT2D eigenvalue weighted by molar-refractivity contribution is 5.77. The highest BCUT2D eigenvalue weighted by Crippen LogP contribution is 2.26. The molecule has 2 atom stereocenters. The quantitative estimate of drug-likeness (QED) is 0.735. The van der Waals surface area contributed by atoms with Gasteiger partial charge in [-0.15, -0.1) is 0 Å². The molecule has 1 fully saturated rings. The van der Waals surface area contributed by atoms with Crippen LogP contribution in [0.4, 0.5) is 0 Å². The molecule has 128 valence electrons. The number of carbonyl (C=O) groups is 1. The van der Waals surface area contributed by atoms with Gasteiger partial charge in [0, 0.05) is 25.1 Å². The van der Waals surface area contributed by atoms with E-state index in [2.05, 4.69) is 21.3 Å². The molecule has 0 spiro atoms. The third-order valence-corrected chi connectivity index (χ3v) is 4.14. The second kappa shape index (κ2) is 7.46. The zero-order valence-corrected chi connectivity index (χ0v) is 13.8. The van der Waals surface area contributed by atoms with Crippen molar-refractivity contribution in [2.45, 2.75) is 19.4 Å². The molecule has 7 nitrogen and oxygen atoms in total. The SMILES string of the molecule is COc1ccc(C2NNCC2CNC(=O)Cc2cc(C)no2)cc1. The Morgan fingerprint density at radius 1 is 1.42 bits per heavy atom. The summed E-state index contributed by atoms with van der Waals surface area (Å²) in [6, 6.07) is 9.88. The molecule has 1 aromatic heterocycles. The average Bonchev–Trinajstić information content (AvgIpc) is 3.22. The molecule has 3 N–H and O–H groups in total. The van der Waals surface area contributed by atoms with Crippen LogP contribution in [-0.2, 0) is 11.2 Å². The van der Waals surface area contributed by atoms with Gasteiger partial charge in [-0.2, -0.15) is 0 Å². The van der Waals surface area contributed by atoms with E-state index >= 15 is 0 Å². The summed E-state index contributed by atoms with van der Waals surface area (Å²) < 4.78 is 10.3. The van der Waals surface area contributed by atoms with Gasteiger partial charge in [0.2, 0.25) is 5.91 Å². The first kappa shape index (κ1) is 16.5. The number of methoxy groups -OCH3 is 1. The minimum absolute atomic E-state index is 0.0634. The van der Waals surface area contributed by atoms with E-state index in [4.69, 9.17) is 9.26 Å². The van der Waals surface area contributed by atoms with Crippen molar-refractivity contribution in [3.63, 3.8) is 0 Å². The fourth-order valence-electron chi connectivity index (χ4n) is 2.86. The summed E-state index contributed by atoms with van der Waals surface area (Å²) in [4.78, 5) is 12.0. The van der Waals surface area contributed by atoms with Gasteiger partial charge < -0.3 is 14.6 Å². The van der Waals surface area contributed by atoms with Crippen LogP contribution < -0.4 is 20.9 Å². The lowest BCUT2D eigenvalue weighted by Gasteiger charge is -2.19. The minimum atomic E-state index is -0.0634. The summed E-state index contributed by atoms with van der Waals surface area (Å²) in [5, 5.41) is 6.76. The zero-order valence-electron chi connectivity index (χ0n) is 13.8. The Kier molecular flexibility index (Phi) is 5.12. The Balaban J connectivity index is 1.54. The van der Waals surface area contributed by atoms with Crippen molar-refractivity contribution in [2.75, 3.05) is 20.2 Å². The summed E-state index contributed by atoms with van der Waals surface area (Å²) in [5.74, 6) is 1.61. The van der Waals surface area contributed by atoms with Gasteiger partial charge in [-0.3, -0.25) is 10.2 Å². The fourth-order valence-corrected chi connectivity index (χ4v) is 2.86. The third-order valence-electron chi connectivity index (χ3n) is 4.14. The highest BCUT2D eigenvalue weighted by atomic mass is 16.5. The van der Waals surface area contributed by atoms with E-state index in [0.29, 0.717) is 12.3 Å². The number of ether oxygens (including phenoxy) is 1. The lowest BCUT2D eigenvalue weighted by Crippen LogP contribution is -2.33. The molecule has 2 heterocycles. The van der Waals surface area contributed by atoms with Crippen LogP contribution in [0.3, 0.4) is 0 Å².